The molecule has 1 aliphatic rings. The van der Waals surface area contributed by atoms with Crippen LogP contribution < -0.4 is 30.9 Å². The van der Waals surface area contributed by atoms with E-state index in [1.165, 1.54) is 24.1 Å². The normalized spacial score (nSPS) is 15.2. The lowest BCUT2D eigenvalue weighted by Crippen LogP contribution is -2.43. The molecule has 210 valence electrons. The Morgan fingerprint density at radius 3 is 2.41 bits per heavy atom. The van der Waals surface area contributed by atoms with Crippen LogP contribution in [0.15, 0.2) is 52.2 Å². The summed E-state index contributed by atoms with van der Waals surface area (Å²) in [6.45, 7) is -0.650. The van der Waals surface area contributed by atoms with Gasteiger partial charge in [-0.05, 0) is 30.2 Å². The number of nitrogens with zero attached hydrogens (tertiary/aromatic N) is 4. The number of benzene rings is 1. The summed E-state index contributed by atoms with van der Waals surface area (Å²) in [5.74, 6) is -0.672. The van der Waals surface area contributed by atoms with Crippen LogP contribution in [0.2, 0.25) is 0 Å². The van der Waals surface area contributed by atoms with Crippen LogP contribution in [0.4, 0.5) is 37.8 Å². The Morgan fingerprint density at radius 1 is 1.08 bits per heavy atom. The standard InChI is InChI=1S/C23H21F6N5O5/c1-32-18-17(19(36)33(21(32)37)8-3-9-35)34(12-13-6-7-16(30-11-13)22(24,25)26)20(31-18)38-14-4-2-5-15(10-14)39-23(27,28)29/h2,4-7,10-11,20,31,35H,3,8-9,12H2,1H3. The van der Waals surface area contributed by atoms with E-state index >= 15 is 0 Å². The molecule has 1 aliphatic heterocycles. The Morgan fingerprint density at radius 2 is 1.79 bits per heavy atom. The molecule has 0 amide bonds. The van der Waals surface area contributed by atoms with Gasteiger partial charge in [-0.15, -0.1) is 13.2 Å². The predicted molar refractivity (Wildman–Crippen MR) is 124 cm³/mol. The van der Waals surface area contributed by atoms with Crippen LogP contribution in [-0.4, -0.2) is 38.5 Å². The number of rotatable bonds is 8. The predicted octanol–water partition coefficient (Wildman–Crippen LogP) is 3.04. The van der Waals surface area contributed by atoms with Crippen molar-refractivity contribution >= 4 is 11.5 Å². The maximum absolute atomic E-state index is 13.4. The highest BCUT2D eigenvalue weighted by molar-refractivity contribution is 5.71. The molecule has 2 aromatic heterocycles. The number of aliphatic hydroxyl groups excluding tert-OH is 1. The molecular formula is C23H21F6N5O5. The van der Waals surface area contributed by atoms with Gasteiger partial charge in [0.15, 0.2) is 0 Å². The van der Waals surface area contributed by atoms with Crippen LogP contribution in [0.5, 0.6) is 11.5 Å². The van der Waals surface area contributed by atoms with Crippen molar-refractivity contribution in [2.75, 3.05) is 16.8 Å². The highest BCUT2D eigenvalue weighted by atomic mass is 19.4. The Hall–Kier alpha value is -4.21. The van der Waals surface area contributed by atoms with Crippen LogP contribution in [0.1, 0.15) is 17.7 Å². The van der Waals surface area contributed by atoms with Gasteiger partial charge in [0.1, 0.15) is 28.7 Å². The number of alkyl halides is 6. The van der Waals surface area contributed by atoms with Crippen LogP contribution in [-0.2, 0) is 26.3 Å². The summed E-state index contributed by atoms with van der Waals surface area (Å²) in [5, 5.41) is 12.0. The first kappa shape index (κ1) is 27.8. The quantitative estimate of drug-likeness (QED) is 0.404. The van der Waals surface area contributed by atoms with E-state index in [9.17, 15) is 35.9 Å². The fourth-order valence-electron chi connectivity index (χ4n) is 3.92. The number of anilines is 2. The van der Waals surface area contributed by atoms with E-state index in [0.717, 1.165) is 39.6 Å². The van der Waals surface area contributed by atoms with Gasteiger partial charge in [-0.3, -0.25) is 18.9 Å². The van der Waals surface area contributed by atoms with Crippen molar-refractivity contribution in [2.24, 2.45) is 7.05 Å². The molecule has 16 heteroatoms. The second kappa shape index (κ2) is 10.5. The van der Waals surface area contributed by atoms with Gasteiger partial charge in [0, 0.05) is 32.5 Å². The molecule has 3 aromatic rings. The monoisotopic (exact) mass is 561 g/mol. The topological polar surface area (TPSA) is 111 Å². The van der Waals surface area contributed by atoms with Gasteiger partial charge in [-0.25, -0.2) is 4.79 Å². The van der Waals surface area contributed by atoms with Gasteiger partial charge in [0.25, 0.3) is 11.9 Å². The Balaban J connectivity index is 1.74. The number of nitrogens with one attached hydrogen (secondary N) is 1. The van der Waals surface area contributed by atoms with Crippen molar-refractivity contribution in [2.45, 2.75) is 38.4 Å². The zero-order valence-corrected chi connectivity index (χ0v) is 20.1. The molecule has 0 spiro atoms. The first-order valence-electron chi connectivity index (χ1n) is 11.3. The summed E-state index contributed by atoms with van der Waals surface area (Å²) in [6.07, 6.45) is -9.86. The Kier molecular flexibility index (Phi) is 7.50. The van der Waals surface area contributed by atoms with E-state index in [0.29, 0.717) is 0 Å². The smallest absolute Gasteiger partial charge is 0.452 e. The van der Waals surface area contributed by atoms with E-state index in [-0.39, 0.29) is 48.9 Å². The SMILES string of the molecule is Cn1c2c(c(=O)n(CCCO)c1=O)N(Cc1ccc(C(F)(F)F)nc1)C(Oc1cccc(OC(F)(F)F)c1)N2. The second-order valence-electron chi connectivity index (χ2n) is 8.39. The number of ether oxygens (including phenoxy) is 2. The third-order valence-corrected chi connectivity index (χ3v) is 5.65. The van der Waals surface area contributed by atoms with E-state index < -0.39 is 41.6 Å². The Bertz CT molecular complexity index is 1450. The highest BCUT2D eigenvalue weighted by Crippen LogP contribution is 2.34. The van der Waals surface area contributed by atoms with Crippen molar-refractivity contribution in [3.05, 3.63) is 74.7 Å². The zero-order valence-electron chi connectivity index (χ0n) is 20.1. The first-order chi connectivity index (χ1) is 18.3. The molecule has 3 heterocycles. The first-order valence-corrected chi connectivity index (χ1v) is 11.3. The highest BCUT2D eigenvalue weighted by Gasteiger charge is 2.37. The van der Waals surface area contributed by atoms with Crippen LogP contribution in [0.3, 0.4) is 0 Å². The summed E-state index contributed by atoms with van der Waals surface area (Å²) < 4.78 is 88.6. The minimum atomic E-state index is -4.96. The number of halogens is 6. The minimum Gasteiger partial charge on any atom is -0.452 e. The van der Waals surface area contributed by atoms with Crippen molar-refractivity contribution in [1.82, 2.24) is 14.1 Å². The number of fused-ring (bicyclic) bond motifs is 1. The number of hydrogen-bond acceptors (Lipinski definition) is 8. The zero-order chi connectivity index (χ0) is 28.5. The third kappa shape index (κ3) is 6.10. The van der Waals surface area contributed by atoms with Crippen molar-refractivity contribution < 1.29 is 40.9 Å². The molecule has 2 N–H and O–H groups in total. The maximum atomic E-state index is 13.4. The van der Waals surface area contributed by atoms with E-state index in [1.54, 1.807) is 0 Å². The van der Waals surface area contributed by atoms with Gasteiger partial charge in [-0.1, -0.05) is 12.1 Å². The molecule has 1 aromatic carbocycles. The second-order valence-corrected chi connectivity index (χ2v) is 8.39. The molecule has 1 atom stereocenters. The van der Waals surface area contributed by atoms with E-state index in [1.807, 2.05) is 0 Å². The lowest BCUT2D eigenvalue weighted by Gasteiger charge is -2.26. The molecule has 4 rings (SSSR count). The van der Waals surface area contributed by atoms with Gasteiger partial charge in [0.2, 0.25) is 0 Å². The molecule has 0 fully saturated rings. The molecule has 0 bridgehead atoms. The van der Waals surface area contributed by atoms with Crippen LogP contribution in [0.25, 0.3) is 0 Å². The van der Waals surface area contributed by atoms with Crippen LogP contribution >= 0.6 is 0 Å². The molecule has 0 aliphatic carbocycles. The lowest BCUT2D eigenvalue weighted by molar-refractivity contribution is -0.274. The molecule has 1 unspecified atom stereocenters. The molecule has 0 saturated heterocycles. The number of aromatic nitrogens is 3. The van der Waals surface area contributed by atoms with Crippen LogP contribution in [0, 0.1) is 0 Å². The van der Waals surface area contributed by atoms with E-state index in [4.69, 9.17) is 9.84 Å². The summed E-state index contributed by atoms with van der Waals surface area (Å²) in [7, 11) is 1.36. The summed E-state index contributed by atoms with van der Waals surface area (Å²) in [5.41, 5.74) is -2.46. The molecule has 39 heavy (non-hydrogen) atoms. The number of hydrogen-bond donors (Lipinski definition) is 2. The fourth-order valence-corrected chi connectivity index (χ4v) is 3.92. The number of pyridine rings is 1. The lowest BCUT2D eigenvalue weighted by atomic mass is 10.2. The number of aliphatic hydroxyl groups is 1. The van der Waals surface area contributed by atoms with E-state index in [2.05, 4.69) is 15.0 Å². The molecular weight excluding hydrogens is 540 g/mol. The minimum absolute atomic E-state index is 0.0119. The average molecular weight is 561 g/mol. The summed E-state index contributed by atoms with van der Waals surface area (Å²) in [6, 6.07) is 6.47. The largest absolute Gasteiger partial charge is 0.573 e. The van der Waals surface area contributed by atoms with Crippen molar-refractivity contribution in [3.63, 3.8) is 0 Å². The van der Waals surface area contributed by atoms with Crippen molar-refractivity contribution in [3.8, 4) is 11.5 Å². The average Bonchev–Trinajstić information content (AvgIpc) is 3.19. The fraction of sp³-hybridized carbons (Fsp3) is 0.348. The maximum Gasteiger partial charge on any atom is 0.573 e. The van der Waals surface area contributed by atoms with Crippen molar-refractivity contribution in [1.29, 1.82) is 0 Å². The molecule has 0 saturated carbocycles. The molecule has 0 radical (unpaired) electrons. The van der Waals surface area contributed by atoms with Gasteiger partial charge in [0.05, 0.1) is 6.54 Å². The molecule has 10 nitrogen and oxygen atoms in total. The van der Waals surface area contributed by atoms with Gasteiger partial charge >= 0.3 is 18.2 Å². The summed E-state index contributed by atoms with van der Waals surface area (Å²) in [4.78, 5) is 30.9. The Labute approximate surface area is 215 Å². The third-order valence-electron chi connectivity index (χ3n) is 5.65. The van der Waals surface area contributed by atoms with Gasteiger partial charge < -0.3 is 24.8 Å². The van der Waals surface area contributed by atoms with Gasteiger partial charge in [-0.2, -0.15) is 13.2 Å². The summed E-state index contributed by atoms with van der Waals surface area (Å²) >= 11 is 0.